The molecule has 1 saturated heterocycles. The summed E-state index contributed by atoms with van der Waals surface area (Å²) in [6, 6.07) is 0. The first-order valence-corrected chi connectivity index (χ1v) is 6.89. The molecule has 3 heterocycles. The van der Waals surface area contributed by atoms with Crippen LogP contribution < -0.4 is 5.73 Å². The lowest BCUT2D eigenvalue weighted by Crippen LogP contribution is -2.22. The van der Waals surface area contributed by atoms with Crippen LogP contribution in [0.4, 0.5) is 5.82 Å². The molecule has 1 aliphatic heterocycles. The van der Waals surface area contributed by atoms with E-state index >= 15 is 0 Å². The summed E-state index contributed by atoms with van der Waals surface area (Å²) in [6.45, 7) is 3.48. The van der Waals surface area contributed by atoms with Crippen molar-refractivity contribution in [2.45, 2.75) is 16.7 Å². The number of rotatable bonds is 2. The molecule has 0 radical (unpaired) electrons. The summed E-state index contributed by atoms with van der Waals surface area (Å²) in [5.41, 5.74) is 10.2. The second-order valence-electron chi connectivity index (χ2n) is 4.37. The Bertz CT molecular complexity index is 709. The van der Waals surface area contributed by atoms with Crippen molar-refractivity contribution in [2.75, 3.05) is 12.3 Å². The molecule has 0 amide bonds. The predicted octanol–water partition coefficient (Wildman–Crippen LogP) is 0.0870. The van der Waals surface area contributed by atoms with E-state index in [2.05, 4.69) is 27.3 Å². The summed E-state index contributed by atoms with van der Waals surface area (Å²) < 4.78 is 1.78. The average Bonchev–Trinajstić information content (AvgIpc) is 3.00. The monoisotopic (exact) mass is 291 g/mol. The van der Waals surface area contributed by atoms with E-state index in [1.165, 1.54) is 18.1 Å². The Labute approximate surface area is 118 Å². The predicted molar refractivity (Wildman–Crippen MR) is 75.9 cm³/mol. The van der Waals surface area contributed by atoms with Crippen LogP contribution in [0, 0.1) is 0 Å². The van der Waals surface area contributed by atoms with Gasteiger partial charge < -0.3 is 15.9 Å². The first kappa shape index (κ1) is 13.1. The molecule has 0 bridgehead atoms. The van der Waals surface area contributed by atoms with Crippen molar-refractivity contribution in [1.82, 2.24) is 19.5 Å². The molecular weight excluding hydrogens is 278 g/mol. The zero-order chi connectivity index (χ0) is 14.3. The number of hydrogen-bond acceptors (Lipinski definition) is 7. The van der Waals surface area contributed by atoms with Gasteiger partial charge in [0, 0.05) is 5.57 Å². The van der Waals surface area contributed by atoms with Gasteiger partial charge in [0.1, 0.15) is 17.2 Å². The fraction of sp³-hybridized carbons (Fsp3) is 0.333. The lowest BCUT2D eigenvalue weighted by Gasteiger charge is -2.12. The molecule has 0 saturated carbocycles. The summed E-state index contributed by atoms with van der Waals surface area (Å²) in [5, 5.41) is 18.9. The molecule has 20 heavy (non-hydrogen) atoms. The van der Waals surface area contributed by atoms with Crippen LogP contribution in [-0.2, 0) is 0 Å². The molecule has 3 rings (SSSR count). The first-order chi connectivity index (χ1) is 9.67. The van der Waals surface area contributed by atoms with Gasteiger partial charge in [0.25, 0.3) is 0 Å². The summed E-state index contributed by atoms with van der Waals surface area (Å²) >= 11 is 1.41. The Hall–Kier alpha value is -1.86. The Kier molecular flexibility index (Phi) is 3.23. The van der Waals surface area contributed by atoms with Crippen LogP contribution in [0.1, 0.15) is 5.37 Å². The molecule has 2 aromatic heterocycles. The van der Waals surface area contributed by atoms with Crippen LogP contribution in [0.5, 0.6) is 0 Å². The Morgan fingerprint density at radius 2 is 2.25 bits per heavy atom. The number of aliphatic hydroxyl groups excluding tert-OH is 2. The third-order valence-electron chi connectivity index (χ3n) is 3.26. The number of nitrogens with two attached hydrogens (primary N) is 1. The van der Waals surface area contributed by atoms with E-state index in [-0.39, 0.29) is 17.2 Å². The molecule has 104 valence electrons. The van der Waals surface area contributed by atoms with Crippen LogP contribution in [0.15, 0.2) is 30.5 Å². The fourth-order valence-corrected chi connectivity index (χ4v) is 3.62. The van der Waals surface area contributed by atoms with E-state index in [0.29, 0.717) is 22.6 Å². The summed E-state index contributed by atoms with van der Waals surface area (Å²) in [7, 11) is 0. The Morgan fingerprint density at radius 1 is 1.45 bits per heavy atom. The Balaban J connectivity index is 2.12. The number of nitrogens with zero attached hydrogens (tertiary/aromatic N) is 4. The maximum Gasteiger partial charge on any atom is 0.166 e. The normalized spacial score (nSPS) is 26.1. The van der Waals surface area contributed by atoms with Crippen molar-refractivity contribution in [3.8, 4) is 0 Å². The molecule has 1 aliphatic rings. The highest BCUT2D eigenvalue weighted by Gasteiger charge is 2.39. The number of hydrogen-bond donors (Lipinski definition) is 3. The third-order valence-corrected chi connectivity index (χ3v) is 4.76. The van der Waals surface area contributed by atoms with Crippen molar-refractivity contribution in [3.63, 3.8) is 0 Å². The quantitative estimate of drug-likeness (QED) is 0.672. The van der Waals surface area contributed by atoms with E-state index in [4.69, 9.17) is 5.73 Å². The van der Waals surface area contributed by atoms with Gasteiger partial charge in [-0.25, -0.2) is 15.0 Å². The van der Waals surface area contributed by atoms with Gasteiger partial charge in [-0.05, 0) is 0 Å². The maximum absolute atomic E-state index is 10.1. The second kappa shape index (κ2) is 4.92. The fourth-order valence-electron chi connectivity index (χ4n) is 2.25. The number of aromatic nitrogens is 4. The summed E-state index contributed by atoms with van der Waals surface area (Å²) in [5.74, 6) is 0.306. The van der Waals surface area contributed by atoms with Crippen molar-refractivity contribution in [1.29, 1.82) is 0 Å². The molecule has 4 N–H and O–H groups in total. The van der Waals surface area contributed by atoms with Gasteiger partial charge >= 0.3 is 0 Å². The van der Waals surface area contributed by atoms with E-state index in [1.54, 1.807) is 10.9 Å². The zero-order valence-electron chi connectivity index (χ0n) is 10.5. The molecular formula is C12H13N5O2S. The van der Waals surface area contributed by atoms with Crippen LogP contribution in [-0.4, -0.2) is 47.7 Å². The van der Waals surface area contributed by atoms with Crippen molar-refractivity contribution in [2.24, 2.45) is 0 Å². The molecule has 0 unspecified atom stereocenters. The molecule has 0 aliphatic carbocycles. The van der Waals surface area contributed by atoms with E-state index in [0.717, 1.165) is 0 Å². The topological polar surface area (TPSA) is 110 Å². The highest BCUT2D eigenvalue weighted by Crippen LogP contribution is 2.45. The molecule has 2 aromatic rings. The van der Waals surface area contributed by atoms with Crippen molar-refractivity contribution < 1.29 is 10.2 Å². The van der Waals surface area contributed by atoms with Crippen LogP contribution in [0.2, 0.25) is 0 Å². The minimum absolute atomic E-state index is 0.128. The number of thioether (sulfide) groups is 1. The van der Waals surface area contributed by atoms with E-state index in [1.807, 2.05) is 0 Å². The van der Waals surface area contributed by atoms with Gasteiger partial charge in [-0.15, -0.1) is 17.5 Å². The molecule has 0 spiro atoms. The van der Waals surface area contributed by atoms with Gasteiger partial charge in [-0.2, -0.15) is 0 Å². The minimum Gasteiger partial charge on any atom is -0.395 e. The lowest BCUT2D eigenvalue weighted by molar-refractivity contribution is 0.172. The number of nitrogen functional groups attached to an aromatic ring is 1. The second-order valence-corrected chi connectivity index (χ2v) is 5.69. The largest absolute Gasteiger partial charge is 0.395 e. The Morgan fingerprint density at radius 3 is 2.95 bits per heavy atom. The van der Waals surface area contributed by atoms with Gasteiger partial charge in [0.2, 0.25) is 0 Å². The molecule has 1 fully saturated rings. The third kappa shape index (κ3) is 1.82. The summed E-state index contributed by atoms with van der Waals surface area (Å²) in [4.78, 5) is 12.3. The maximum atomic E-state index is 10.1. The van der Waals surface area contributed by atoms with Gasteiger partial charge in [-0.1, -0.05) is 6.58 Å². The number of aliphatic hydroxyl groups is 2. The zero-order valence-corrected chi connectivity index (χ0v) is 11.3. The SMILES string of the molecule is C=C=C1[C@H](n2cnc3c(N)ncnc32)S[C@H](CO)[C@H]1O. The highest BCUT2D eigenvalue weighted by atomic mass is 32.2. The highest BCUT2D eigenvalue weighted by molar-refractivity contribution is 8.00. The summed E-state index contributed by atoms with van der Waals surface area (Å²) in [6.07, 6.45) is 2.17. The molecule has 3 atom stereocenters. The van der Waals surface area contributed by atoms with E-state index < -0.39 is 6.10 Å². The lowest BCUT2D eigenvalue weighted by atomic mass is 10.1. The van der Waals surface area contributed by atoms with Crippen LogP contribution in [0.25, 0.3) is 11.2 Å². The molecule has 0 aromatic carbocycles. The van der Waals surface area contributed by atoms with Crippen LogP contribution >= 0.6 is 11.8 Å². The standard InChI is InChI=1S/C12H13N5O2S/c1-2-6-9(19)7(3-18)20-12(6)17-5-16-8-10(13)14-4-15-11(8)17/h4-5,7,9,12,18-19H,1,3H2,(H2,13,14,15)/t7-,9+,12-/m1/s1. The van der Waals surface area contributed by atoms with Crippen molar-refractivity contribution in [3.05, 3.63) is 30.5 Å². The van der Waals surface area contributed by atoms with E-state index in [9.17, 15) is 10.2 Å². The van der Waals surface area contributed by atoms with Gasteiger partial charge in [0.05, 0.1) is 24.3 Å². The van der Waals surface area contributed by atoms with Gasteiger partial charge in [-0.3, -0.25) is 4.57 Å². The number of imidazole rings is 1. The molecule has 7 nitrogen and oxygen atoms in total. The van der Waals surface area contributed by atoms with Gasteiger partial charge in [0.15, 0.2) is 11.5 Å². The number of anilines is 1. The number of fused-ring (bicyclic) bond motifs is 1. The van der Waals surface area contributed by atoms with Crippen molar-refractivity contribution >= 4 is 28.7 Å². The smallest absolute Gasteiger partial charge is 0.166 e. The first-order valence-electron chi connectivity index (χ1n) is 5.94. The average molecular weight is 291 g/mol. The minimum atomic E-state index is -0.788. The van der Waals surface area contributed by atoms with Crippen LogP contribution in [0.3, 0.4) is 0 Å². The molecule has 8 heteroatoms.